The molecular weight excluding hydrogens is 412 g/mol. The van der Waals surface area contributed by atoms with Gasteiger partial charge in [0.1, 0.15) is 10.6 Å². The van der Waals surface area contributed by atoms with Gasteiger partial charge < -0.3 is 24.9 Å². The molecule has 3 heterocycles. The molecule has 2 aromatic rings. The van der Waals surface area contributed by atoms with Gasteiger partial charge in [0, 0.05) is 46.0 Å². The Morgan fingerprint density at radius 3 is 2.53 bits per heavy atom. The topological polar surface area (TPSA) is 127 Å². The molecular formula is C19H24N4O6S. The lowest BCUT2D eigenvalue weighted by atomic mass is 10.1. The number of hydrogen-bond donors (Lipinski definition) is 2. The Kier molecular flexibility index (Phi) is 5.45. The van der Waals surface area contributed by atoms with E-state index in [1.807, 2.05) is 4.90 Å². The number of nitrogens with zero attached hydrogens (tertiary/aromatic N) is 3. The van der Waals surface area contributed by atoms with Gasteiger partial charge in [-0.2, -0.15) is 4.31 Å². The van der Waals surface area contributed by atoms with Crippen LogP contribution in [-0.4, -0.2) is 72.7 Å². The predicted octanol–water partition coefficient (Wildman–Crippen LogP) is -0.107. The van der Waals surface area contributed by atoms with Crippen LogP contribution in [0.15, 0.2) is 35.4 Å². The number of benzene rings is 1. The van der Waals surface area contributed by atoms with Gasteiger partial charge in [-0.1, -0.05) is 6.07 Å². The second-order valence-electron chi connectivity index (χ2n) is 7.37. The molecule has 30 heavy (non-hydrogen) atoms. The Hall–Kier alpha value is -2.60. The van der Waals surface area contributed by atoms with E-state index in [1.54, 1.807) is 25.2 Å². The monoisotopic (exact) mass is 436 g/mol. The second kappa shape index (κ2) is 7.91. The number of aliphatic hydroxyl groups is 1. The van der Waals surface area contributed by atoms with Crippen molar-refractivity contribution < 1.29 is 27.8 Å². The highest BCUT2D eigenvalue weighted by molar-refractivity contribution is 7.89. The molecule has 0 bridgehead atoms. The number of aliphatic hydroxyl groups excluding tert-OH is 1. The molecule has 10 nitrogen and oxygen atoms in total. The fourth-order valence-corrected chi connectivity index (χ4v) is 5.19. The van der Waals surface area contributed by atoms with Gasteiger partial charge in [0.2, 0.25) is 16.8 Å². The third kappa shape index (κ3) is 3.88. The van der Waals surface area contributed by atoms with E-state index in [1.165, 1.54) is 21.1 Å². The number of piperazine rings is 1. The highest BCUT2D eigenvalue weighted by Crippen LogP contribution is 2.34. The molecule has 1 aromatic heterocycles. The van der Waals surface area contributed by atoms with Crippen LogP contribution in [0.25, 0.3) is 0 Å². The number of β-amino-alcohol motifs (C(OH)–C–C–N with tert-alkyl or cyclic N) is 1. The molecule has 4 rings (SSSR count). The molecule has 1 fully saturated rings. The first kappa shape index (κ1) is 20.7. The maximum absolute atomic E-state index is 12.9. The summed E-state index contributed by atoms with van der Waals surface area (Å²) in [6, 6.07) is 6.63. The average Bonchev–Trinajstić information content (AvgIpc) is 3.34. The fraction of sp³-hybridized carbons (Fsp3) is 0.421. The zero-order valence-corrected chi connectivity index (χ0v) is 17.3. The molecule has 0 saturated carbocycles. The van der Waals surface area contributed by atoms with Crippen LogP contribution in [0.5, 0.6) is 11.5 Å². The normalized spacial score (nSPS) is 18.5. The summed E-state index contributed by atoms with van der Waals surface area (Å²) in [5.41, 5.74) is 6.14. The Morgan fingerprint density at radius 1 is 1.17 bits per heavy atom. The van der Waals surface area contributed by atoms with Crippen LogP contribution in [0.1, 0.15) is 22.2 Å². The van der Waals surface area contributed by atoms with E-state index in [0.717, 1.165) is 5.56 Å². The lowest BCUT2D eigenvalue weighted by Gasteiger charge is -2.34. The van der Waals surface area contributed by atoms with Crippen LogP contribution in [-0.2, 0) is 17.1 Å². The summed E-state index contributed by atoms with van der Waals surface area (Å²) in [6.07, 6.45) is 0.667. The number of amides is 1. The van der Waals surface area contributed by atoms with Crippen molar-refractivity contribution in [3.05, 3.63) is 41.7 Å². The average molecular weight is 436 g/mol. The number of sulfonamides is 1. The largest absolute Gasteiger partial charge is 0.454 e. The van der Waals surface area contributed by atoms with E-state index in [-0.39, 0.29) is 30.5 Å². The minimum Gasteiger partial charge on any atom is -0.454 e. The summed E-state index contributed by atoms with van der Waals surface area (Å²) >= 11 is 0. The summed E-state index contributed by atoms with van der Waals surface area (Å²) in [5, 5.41) is 10.6. The van der Waals surface area contributed by atoms with Crippen molar-refractivity contribution >= 4 is 15.9 Å². The molecule has 11 heteroatoms. The molecule has 0 spiro atoms. The number of hydrogen-bond acceptors (Lipinski definition) is 7. The maximum atomic E-state index is 12.9. The number of fused-ring (bicyclic) bond motifs is 1. The van der Waals surface area contributed by atoms with Gasteiger partial charge in [0.05, 0.1) is 6.10 Å². The molecule has 0 radical (unpaired) electrons. The number of nitrogens with two attached hydrogens (primary N) is 1. The number of aryl methyl sites for hydroxylation is 1. The minimum atomic E-state index is -3.72. The molecule has 3 N–H and O–H groups in total. The number of primary amides is 1. The van der Waals surface area contributed by atoms with Gasteiger partial charge in [0.25, 0.3) is 5.91 Å². The number of carbonyl (C=O) groups excluding carboxylic acids is 1. The lowest BCUT2D eigenvalue weighted by Crippen LogP contribution is -2.49. The van der Waals surface area contributed by atoms with Crippen molar-refractivity contribution in [1.82, 2.24) is 13.8 Å². The van der Waals surface area contributed by atoms with Crippen LogP contribution in [0, 0.1) is 0 Å². The summed E-state index contributed by atoms with van der Waals surface area (Å²) in [7, 11) is -2.15. The molecule has 2 aliphatic heterocycles. The van der Waals surface area contributed by atoms with E-state index in [2.05, 4.69) is 0 Å². The molecule has 0 unspecified atom stereocenters. The Labute approximate surface area is 174 Å². The van der Waals surface area contributed by atoms with Crippen molar-refractivity contribution in [1.29, 1.82) is 0 Å². The van der Waals surface area contributed by atoms with Gasteiger partial charge in [-0.25, -0.2) is 8.42 Å². The zero-order valence-electron chi connectivity index (χ0n) is 16.5. The summed E-state index contributed by atoms with van der Waals surface area (Å²) in [4.78, 5) is 13.5. The highest BCUT2D eigenvalue weighted by Gasteiger charge is 2.31. The van der Waals surface area contributed by atoms with Gasteiger partial charge >= 0.3 is 0 Å². The van der Waals surface area contributed by atoms with Crippen LogP contribution in [0.2, 0.25) is 0 Å². The number of rotatable bonds is 6. The van der Waals surface area contributed by atoms with Gasteiger partial charge in [-0.15, -0.1) is 0 Å². The lowest BCUT2D eigenvalue weighted by molar-refractivity contribution is 0.0919. The van der Waals surface area contributed by atoms with E-state index < -0.39 is 22.0 Å². The predicted molar refractivity (Wildman–Crippen MR) is 107 cm³/mol. The SMILES string of the molecule is Cn1cc(S(=O)(=O)N2CCN(C[C@@H](O)c3ccc4c(c3)OCO4)CC2)cc1C(N)=O. The molecule has 0 aliphatic carbocycles. The Balaban J connectivity index is 1.37. The van der Waals surface area contributed by atoms with Crippen molar-refractivity contribution in [3.8, 4) is 11.5 Å². The smallest absolute Gasteiger partial charge is 0.265 e. The van der Waals surface area contributed by atoms with Crippen molar-refractivity contribution in [2.75, 3.05) is 39.5 Å². The number of ether oxygens (including phenoxy) is 2. The number of aromatic nitrogens is 1. The van der Waals surface area contributed by atoms with Crippen LogP contribution in [0.3, 0.4) is 0 Å². The summed E-state index contributed by atoms with van der Waals surface area (Å²) < 4.78 is 39.2. The first-order valence-electron chi connectivity index (χ1n) is 9.52. The van der Waals surface area contributed by atoms with E-state index >= 15 is 0 Å². The molecule has 162 valence electrons. The van der Waals surface area contributed by atoms with Crippen molar-refractivity contribution in [3.63, 3.8) is 0 Å². The fourth-order valence-electron chi connectivity index (χ4n) is 3.69. The van der Waals surface area contributed by atoms with Gasteiger partial charge in [-0.05, 0) is 23.8 Å². The third-order valence-corrected chi connectivity index (χ3v) is 7.28. The second-order valence-corrected chi connectivity index (χ2v) is 9.31. The quantitative estimate of drug-likeness (QED) is 0.647. The molecule has 1 aromatic carbocycles. The standard InChI is InChI=1S/C19H24N4O6S/c1-21-10-14(9-15(21)19(20)25)30(26,27)23-6-4-22(5-7-23)11-16(24)13-2-3-17-18(8-13)29-12-28-17/h2-3,8-10,16,24H,4-7,11-12H2,1H3,(H2,20,25)/t16-/m1/s1. The summed E-state index contributed by atoms with van der Waals surface area (Å²) in [6.45, 7) is 2.10. The van der Waals surface area contributed by atoms with E-state index in [4.69, 9.17) is 15.2 Å². The van der Waals surface area contributed by atoms with Crippen LogP contribution >= 0.6 is 0 Å². The Bertz CT molecular complexity index is 1060. The molecule has 1 amide bonds. The first-order chi connectivity index (χ1) is 14.3. The molecule has 1 saturated heterocycles. The zero-order chi connectivity index (χ0) is 21.5. The minimum absolute atomic E-state index is 0.0487. The first-order valence-corrected chi connectivity index (χ1v) is 11.0. The van der Waals surface area contributed by atoms with Gasteiger partial charge in [-0.3, -0.25) is 9.69 Å². The molecule has 2 aliphatic rings. The van der Waals surface area contributed by atoms with E-state index in [0.29, 0.717) is 31.1 Å². The molecule has 1 atom stereocenters. The van der Waals surface area contributed by atoms with Crippen molar-refractivity contribution in [2.24, 2.45) is 12.8 Å². The summed E-state index contributed by atoms with van der Waals surface area (Å²) in [5.74, 6) is 0.590. The third-order valence-electron chi connectivity index (χ3n) is 5.41. The van der Waals surface area contributed by atoms with Crippen molar-refractivity contribution in [2.45, 2.75) is 11.0 Å². The van der Waals surface area contributed by atoms with Crippen LogP contribution in [0.4, 0.5) is 0 Å². The van der Waals surface area contributed by atoms with Gasteiger partial charge in [0.15, 0.2) is 11.5 Å². The Morgan fingerprint density at radius 2 is 1.87 bits per heavy atom. The van der Waals surface area contributed by atoms with E-state index in [9.17, 15) is 18.3 Å². The van der Waals surface area contributed by atoms with Crippen LogP contribution < -0.4 is 15.2 Å². The maximum Gasteiger partial charge on any atom is 0.265 e. The number of carbonyl (C=O) groups is 1. The highest BCUT2D eigenvalue weighted by atomic mass is 32.2.